The topological polar surface area (TPSA) is 346 Å². The normalized spacial score (nSPS) is 24.0. The van der Waals surface area contributed by atoms with Crippen LogP contribution in [0, 0.1) is 40.4 Å². The van der Waals surface area contributed by atoms with E-state index in [1.165, 1.54) is 51.7 Å². The maximum atomic E-state index is 15.1. The lowest BCUT2D eigenvalue weighted by molar-refractivity contribution is -0.191. The molecule has 8 aliphatic rings. The first-order valence-corrected chi connectivity index (χ1v) is 29.6. The number of piperazine rings is 2. The number of aromatic nitrogens is 2. The molecule has 2 aromatic heterocycles. The number of carboxylic acids is 3. The zero-order chi connectivity index (χ0) is 62.6. The molecule has 6 unspecified atom stereocenters. The number of amides is 2. The summed E-state index contributed by atoms with van der Waals surface area (Å²) in [5.74, 6) is -4.63. The van der Waals surface area contributed by atoms with Gasteiger partial charge in [-0.25, -0.2) is 29.7 Å². The number of carbonyl (C=O) groups is 5. The zero-order valence-electron chi connectivity index (χ0n) is 47.5. The van der Waals surface area contributed by atoms with E-state index in [2.05, 4.69) is 9.41 Å². The van der Waals surface area contributed by atoms with Crippen molar-refractivity contribution in [1.82, 2.24) is 28.7 Å². The number of aliphatic carboxylic acids is 2. The Morgan fingerprint density at radius 3 is 1.66 bits per heavy atom. The number of anilines is 2. The molecule has 6 aliphatic heterocycles. The van der Waals surface area contributed by atoms with E-state index in [-0.39, 0.29) is 87.9 Å². The van der Waals surface area contributed by atoms with E-state index in [1.807, 2.05) is 47.3 Å². The molecule has 86 heavy (non-hydrogen) atoms. The number of halogens is 2. The fourth-order valence-electron chi connectivity index (χ4n) is 12.2. The first kappa shape index (κ1) is 62.3. The van der Waals surface area contributed by atoms with Crippen molar-refractivity contribution in [2.24, 2.45) is 11.7 Å². The third-order valence-electron chi connectivity index (χ3n) is 16.8. The number of rotatable bonds is 12. The van der Waals surface area contributed by atoms with Crippen LogP contribution in [0.15, 0.2) is 52.3 Å². The Bertz CT molecular complexity index is 3690. The van der Waals surface area contributed by atoms with Crippen LogP contribution in [-0.4, -0.2) is 195 Å². The summed E-state index contributed by atoms with van der Waals surface area (Å²) in [6.07, 6.45) is 7.63. The highest BCUT2D eigenvalue weighted by Crippen LogP contribution is 2.54. The first-order valence-electron chi connectivity index (χ1n) is 27.8. The largest absolute Gasteiger partial charge is 0.480 e. The van der Waals surface area contributed by atoms with Crippen LogP contribution in [0.3, 0.4) is 0 Å². The van der Waals surface area contributed by atoms with E-state index in [0.717, 1.165) is 37.3 Å². The smallest absolute Gasteiger partial charge is 0.373 e. The average molecular weight is 1230 g/mol. The number of pyridine rings is 2. The van der Waals surface area contributed by atoms with Gasteiger partial charge < -0.3 is 69.8 Å². The molecule has 4 aromatic rings. The minimum absolute atomic E-state index is 0.0317. The SMILES string of the molecule is CC1(C)SC2C(CC(=N)CC(=N)N3CCN(c4cc5c(cc4F)c(=O)ccn5C4CC4)CC3)C(=O)N2C1C(=O)O.CC1(C)SC2C(N)C(=O)N2C1C(=O)O.O=C=O.[C-]#[N+]CC(=N)N1CCN(c2cc3c(cc2F)c(=O)c(C(=O)O)cn3C2CC2)CC1. The Hall–Kier alpha value is -8.19. The lowest BCUT2D eigenvalue weighted by Crippen LogP contribution is -2.68. The van der Waals surface area contributed by atoms with Crippen LogP contribution in [0.5, 0.6) is 0 Å². The molecule has 25 nitrogen and oxygen atoms in total. The number of nitrogens with two attached hydrogens (primary N) is 1. The summed E-state index contributed by atoms with van der Waals surface area (Å²) in [4.78, 5) is 113. The van der Waals surface area contributed by atoms with Gasteiger partial charge in [0.25, 0.3) is 6.54 Å². The molecule has 0 spiro atoms. The molecule has 8 heterocycles. The molecular formula is C57H65F2N13O12S2. The van der Waals surface area contributed by atoms with Crippen LogP contribution in [0.4, 0.5) is 20.2 Å². The van der Waals surface area contributed by atoms with Gasteiger partial charge in [-0.1, -0.05) is 0 Å². The Labute approximate surface area is 499 Å². The number of hydrogen-bond acceptors (Lipinski definition) is 17. The van der Waals surface area contributed by atoms with Crippen molar-refractivity contribution in [1.29, 1.82) is 16.2 Å². The molecule has 2 aliphatic carbocycles. The van der Waals surface area contributed by atoms with Crippen molar-refractivity contribution < 1.29 is 57.7 Å². The molecule has 2 aromatic carbocycles. The number of carbonyl (C=O) groups excluding carboxylic acids is 4. The van der Waals surface area contributed by atoms with Crippen molar-refractivity contribution in [3.05, 3.63) is 91.8 Å². The summed E-state index contributed by atoms with van der Waals surface area (Å²) in [5.41, 5.74) is 6.77. The number of aromatic carboxylic acids is 1. The maximum absolute atomic E-state index is 15.1. The predicted molar refractivity (Wildman–Crippen MR) is 315 cm³/mol. The van der Waals surface area contributed by atoms with Gasteiger partial charge in [0, 0.05) is 115 Å². The predicted octanol–water partition coefficient (Wildman–Crippen LogP) is 4.21. The van der Waals surface area contributed by atoms with Gasteiger partial charge in [-0.05, 0) is 84.1 Å². The summed E-state index contributed by atoms with van der Waals surface area (Å²) < 4.78 is 32.8. The van der Waals surface area contributed by atoms with Gasteiger partial charge >= 0.3 is 24.1 Å². The maximum Gasteiger partial charge on any atom is 0.373 e. The number of nitrogens with one attached hydrogen (secondary N) is 3. The van der Waals surface area contributed by atoms with Crippen molar-refractivity contribution in [3.8, 4) is 0 Å². The number of benzene rings is 2. The molecule has 29 heteroatoms. The number of carboxylic acid groups (broad SMARTS) is 3. The number of fused-ring (bicyclic) bond motifs is 4. The van der Waals surface area contributed by atoms with Gasteiger partial charge in [0.05, 0.1) is 33.7 Å². The van der Waals surface area contributed by atoms with Crippen LogP contribution in [0.1, 0.15) is 88.7 Å². The van der Waals surface area contributed by atoms with E-state index in [0.29, 0.717) is 80.7 Å². The average Bonchev–Trinajstić information content (AvgIpc) is 1.57. The zero-order valence-corrected chi connectivity index (χ0v) is 49.1. The van der Waals surface area contributed by atoms with E-state index in [4.69, 9.17) is 43.2 Å². The molecule has 12 rings (SSSR count). The van der Waals surface area contributed by atoms with Crippen molar-refractivity contribution in [2.45, 2.75) is 117 Å². The van der Waals surface area contributed by atoms with Crippen LogP contribution >= 0.6 is 23.5 Å². The summed E-state index contributed by atoms with van der Waals surface area (Å²) in [6, 6.07) is 5.73. The quantitative estimate of drug-likeness (QED) is 0.0452. The van der Waals surface area contributed by atoms with Crippen molar-refractivity contribution >= 4 is 110 Å². The third kappa shape index (κ3) is 12.0. The van der Waals surface area contributed by atoms with Crippen molar-refractivity contribution in [2.75, 3.05) is 68.7 Å². The summed E-state index contributed by atoms with van der Waals surface area (Å²) >= 11 is 2.93. The van der Waals surface area contributed by atoms with E-state index < -0.39 is 68.5 Å². The highest BCUT2D eigenvalue weighted by Gasteiger charge is 2.64. The summed E-state index contributed by atoms with van der Waals surface area (Å²) in [5, 5.41) is 53.0. The molecule has 6 saturated heterocycles. The number of amidine groups is 2. The van der Waals surface area contributed by atoms with Gasteiger partial charge in [0.15, 0.2) is 11.3 Å². The second kappa shape index (κ2) is 24.3. The lowest BCUT2D eigenvalue weighted by Gasteiger charge is -2.44. The molecule has 2 amide bonds. The molecule has 2 saturated carbocycles. The number of hydrogen-bond donors (Lipinski definition) is 7. The monoisotopic (exact) mass is 1230 g/mol. The van der Waals surface area contributed by atoms with Crippen LogP contribution in [0.25, 0.3) is 26.7 Å². The van der Waals surface area contributed by atoms with Gasteiger partial charge in [-0.3, -0.25) is 30.0 Å². The Morgan fingerprint density at radius 2 is 1.17 bits per heavy atom. The van der Waals surface area contributed by atoms with E-state index >= 15 is 4.39 Å². The standard InChI is InChI=1S/C28H33FN6O4S.C20H20FN5O3.C8H12N2O3S.CO2/c1-28(2)24(27(38)39)35-25(37)18(26(35)40-28)11-15(30)12-23(31)33-9-7-32(8-10-33)21-14-20-17(13-19(21)29)22(36)5-6-34(20)16-3-4-16;1-23-10-18(22)25-6-4-24(5-7-25)17-9-16-13(8-15(17)21)19(27)14(20(28)29)11-26(16)12-2-3-12;1-8(2)4(7(12)13)10-5(11)3(9)6(10)14-8;2-1-3/h5-6,13-14,16,18,24,26,30-31H,3-4,7-12H2,1-2H3,(H,38,39);8-9,11-12,22H,2-7,10H2,(H,28,29);3-4,6H,9H2,1-2H3,(H,12,13);. The highest BCUT2D eigenvalue weighted by atomic mass is 32.2. The molecular weight excluding hydrogens is 1160 g/mol. The Morgan fingerprint density at radius 1 is 0.709 bits per heavy atom. The van der Waals surface area contributed by atoms with E-state index in [9.17, 15) is 48.2 Å². The van der Waals surface area contributed by atoms with E-state index in [1.54, 1.807) is 22.9 Å². The second-order valence-corrected chi connectivity index (χ2v) is 26.9. The van der Waals surface area contributed by atoms with Gasteiger partial charge in [0.1, 0.15) is 46.5 Å². The number of thioether (sulfide) groups is 2. The van der Waals surface area contributed by atoms with Crippen molar-refractivity contribution in [3.63, 3.8) is 0 Å². The molecule has 456 valence electrons. The first-order chi connectivity index (χ1) is 40.6. The summed E-state index contributed by atoms with van der Waals surface area (Å²) in [6.45, 7) is 18.2. The van der Waals surface area contributed by atoms with Crippen LogP contribution < -0.4 is 26.4 Å². The fraction of sp³-hybridized carbons (Fsp3) is 0.509. The highest BCUT2D eigenvalue weighted by molar-refractivity contribution is 8.02. The minimum atomic E-state index is -1.31. The van der Waals surface area contributed by atoms with Gasteiger partial charge in [-0.15, -0.1) is 23.5 Å². The van der Waals surface area contributed by atoms with Gasteiger partial charge in [0.2, 0.25) is 17.2 Å². The Balaban J connectivity index is 0.000000167. The van der Waals surface area contributed by atoms with Crippen LogP contribution in [-0.2, 0) is 28.8 Å². The number of nitrogens with zero attached hydrogens (tertiary/aromatic N) is 9. The molecule has 6 atom stereocenters. The molecule has 0 bridgehead atoms. The third-order valence-corrected chi connectivity index (χ3v) is 20.0. The molecule has 8 N–H and O–H groups in total. The lowest BCUT2D eigenvalue weighted by atomic mass is 9.87. The fourth-order valence-corrected chi connectivity index (χ4v) is 15.4. The van der Waals surface area contributed by atoms with Crippen LogP contribution in [0.2, 0.25) is 0 Å². The molecule has 0 radical (unpaired) electrons. The summed E-state index contributed by atoms with van der Waals surface area (Å²) in [7, 11) is 0. The minimum Gasteiger partial charge on any atom is -0.480 e. The Kier molecular flexibility index (Phi) is 17.6. The van der Waals surface area contributed by atoms with Gasteiger partial charge in [-0.2, -0.15) is 9.59 Å². The number of β-lactam (4-membered cyclic amide) rings is 2. The molecule has 8 fully saturated rings. The second-order valence-electron chi connectivity index (χ2n) is 23.3.